The molecule has 2 atom stereocenters. The van der Waals surface area contributed by atoms with Crippen LogP contribution in [0.4, 0.5) is 10.6 Å². The first-order chi connectivity index (χ1) is 13.1. The number of aliphatic carboxylic acids is 1. The molecule has 0 radical (unpaired) electrons. The van der Waals surface area contributed by atoms with Crippen molar-refractivity contribution in [1.29, 1.82) is 0 Å². The Kier molecular flexibility index (Phi) is 4.93. The van der Waals surface area contributed by atoms with E-state index in [2.05, 4.69) is 15.2 Å². The summed E-state index contributed by atoms with van der Waals surface area (Å²) >= 11 is 0. The van der Waals surface area contributed by atoms with Crippen LogP contribution in [0.25, 0.3) is 0 Å². The topological polar surface area (TPSA) is 85.8 Å². The van der Waals surface area contributed by atoms with Gasteiger partial charge in [-0.15, -0.1) is 0 Å². The van der Waals surface area contributed by atoms with Crippen LogP contribution >= 0.6 is 0 Å². The summed E-state index contributed by atoms with van der Waals surface area (Å²) in [6.45, 7) is 3.40. The maximum atomic E-state index is 12.5. The van der Waals surface area contributed by atoms with E-state index in [1.807, 2.05) is 18.3 Å². The molecule has 3 heterocycles. The number of nitrogens with one attached hydrogen (secondary N) is 1. The number of carboxylic acid groups (broad SMARTS) is 1. The average molecular weight is 372 g/mol. The molecule has 3 fully saturated rings. The number of urea groups is 1. The van der Waals surface area contributed by atoms with Crippen molar-refractivity contribution in [2.75, 3.05) is 31.1 Å². The Labute approximate surface area is 159 Å². The number of hydrogen-bond donors (Lipinski definition) is 2. The number of nitrogens with zero attached hydrogens (tertiary/aromatic N) is 3. The lowest BCUT2D eigenvalue weighted by atomic mass is 9.81. The number of fused-ring (bicyclic) bond motifs is 1. The molecule has 7 heteroatoms. The number of piperidine rings is 1. The van der Waals surface area contributed by atoms with E-state index in [0.29, 0.717) is 26.1 Å². The molecule has 1 aromatic heterocycles. The third-order valence-corrected chi connectivity index (χ3v) is 6.52. The van der Waals surface area contributed by atoms with Gasteiger partial charge in [-0.3, -0.25) is 4.79 Å². The molecule has 0 bridgehead atoms. The van der Waals surface area contributed by atoms with Crippen LogP contribution in [0.3, 0.4) is 0 Å². The van der Waals surface area contributed by atoms with Gasteiger partial charge in [-0.05, 0) is 49.7 Å². The Morgan fingerprint density at radius 2 is 2.04 bits per heavy atom. The zero-order valence-corrected chi connectivity index (χ0v) is 15.7. The SMILES string of the molecule is O=C(NCc1ccc(N2CCCCC2)nc1)N1C[C@@H]2CCC[C@@]2(C(=O)O)C1. The molecule has 146 valence electrons. The molecular formula is C20H28N4O3. The van der Waals surface area contributed by atoms with Crippen LogP contribution in [0.5, 0.6) is 0 Å². The van der Waals surface area contributed by atoms with Crippen LogP contribution in [0.15, 0.2) is 18.3 Å². The Bertz CT molecular complexity index is 702. The van der Waals surface area contributed by atoms with Crippen LogP contribution in [0.1, 0.15) is 44.1 Å². The second-order valence-electron chi connectivity index (χ2n) is 8.16. The lowest BCUT2D eigenvalue weighted by Gasteiger charge is -2.27. The molecule has 0 unspecified atom stereocenters. The molecule has 3 aliphatic rings. The van der Waals surface area contributed by atoms with Crippen LogP contribution < -0.4 is 10.2 Å². The smallest absolute Gasteiger partial charge is 0.317 e. The van der Waals surface area contributed by atoms with E-state index in [1.54, 1.807) is 4.90 Å². The van der Waals surface area contributed by atoms with Crippen LogP contribution in [0.2, 0.25) is 0 Å². The number of carboxylic acids is 1. The Morgan fingerprint density at radius 1 is 1.22 bits per heavy atom. The molecular weight excluding hydrogens is 344 g/mol. The summed E-state index contributed by atoms with van der Waals surface area (Å²) in [4.78, 5) is 32.8. The molecule has 2 saturated heterocycles. The zero-order valence-electron chi connectivity index (χ0n) is 15.7. The number of pyridine rings is 1. The molecule has 0 spiro atoms. The highest BCUT2D eigenvalue weighted by Crippen LogP contribution is 2.48. The predicted octanol–water partition coefficient (Wildman–Crippen LogP) is 2.47. The maximum Gasteiger partial charge on any atom is 0.317 e. The highest BCUT2D eigenvalue weighted by molar-refractivity contribution is 5.80. The number of aromatic nitrogens is 1. The first-order valence-electron chi connectivity index (χ1n) is 10.0. The van der Waals surface area contributed by atoms with Crippen molar-refractivity contribution in [3.63, 3.8) is 0 Å². The van der Waals surface area contributed by atoms with Gasteiger partial charge < -0.3 is 20.2 Å². The van der Waals surface area contributed by atoms with Crippen molar-refractivity contribution in [2.24, 2.45) is 11.3 Å². The third kappa shape index (κ3) is 3.47. The van der Waals surface area contributed by atoms with Crippen LogP contribution in [-0.2, 0) is 11.3 Å². The fraction of sp³-hybridized carbons (Fsp3) is 0.650. The number of rotatable bonds is 4. The number of carbonyl (C=O) groups is 2. The number of likely N-dealkylation sites (tertiary alicyclic amines) is 1. The van der Waals surface area contributed by atoms with Crippen LogP contribution in [0, 0.1) is 11.3 Å². The normalized spacial score (nSPS) is 27.5. The molecule has 0 aromatic carbocycles. The predicted molar refractivity (Wildman–Crippen MR) is 102 cm³/mol. The van der Waals surface area contributed by atoms with Crippen molar-refractivity contribution in [1.82, 2.24) is 15.2 Å². The molecule has 4 rings (SSSR count). The largest absolute Gasteiger partial charge is 0.481 e. The van der Waals surface area contributed by atoms with E-state index >= 15 is 0 Å². The summed E-state index contributed by atoms with van der Waals surface area (Å²) in [7, 11) is 0. The van der Waals surface area contributed by atoms with Gasteiger partial charge in [0, 0.05) is 38.9 Å². The van der Waals surface area contributed by atoms with Crippen molar-refractivity contribution < 1.29 is 14.7 Å². The molecule has 1 aromatic rings. The average Bonchev–Trinajstić information content (AvgIpc) is 3.26. The molecule has 1 aliphatic carbocycles. The summed E-state index contributed by atoms with van der Waals surface area (Å²) in [5, 5.41) is 12.6. The molecule has 27 heavy (non-hydrogen) atoms. The van der Waals surface area contributed by atoms with E-state index in [9.17, 15) is 14.7 Å². The number of hydrogen-bond acceptors (Lipinski definition) is 4. The highest BCUT2D eigenvalue weighted by atomic mass is 16.4. The van der Waals surface area contributed by atoms with E-state index in [-0.39, 0.29) is 11.9 Å². The van der Waals surface area contributed by atoms with E-state index in [4.69, 9.17) is 0 Å². The van der Waals surface area contributed by atoms with Gasteiger partial charge in [0.25, 0.3) is 0 Å². The minimum Gasteiger partial charge on any atom is -0.481 e. The third-order valence-electron chi connectivity index (χ3n) is 6.52. The standard InChI is InChI=1S/C20H28N4O3/c25-18(26)20-8-4-5-16(20)13-24(14-20)19(27)22-12-15-6-7-17(21-11-15)23-9-2-1-3-10-23/h6-7,11,16H,1-5,8-10,12-14H2,(H,22,27)(H,25,26)/t16-,20+/m0/s1. The summed E-state index contributed by atoms with van der Waals surface area (Å²) in [5.74, 6) is 0.338. The summed E-state index contributed by atoms with van der Waals surface area (Å²) in [6, 6.07) is 3.85. The Hall–Kier alpha value is -2.31. The van der Waals surface area contributed by atoms with Gasteiger partial charge in [-0.1, -0.05) is 12.5 Å². The molecule has 2 N–H and O–H groups in total. The van der Waals surface area contributed by atoms with E-state index in [1.165, 1.54) is 19.3 Å². The minimum absolute atomic E-state index is 0.0891. The molecule has 7 nitrogen and oxygen atoms in total. The fourth-order valence-electron chi connectivity index (χ4n) is 4.91. The van der Waals surface area contributed by atoms with Gasteiger partial charge in [0.15, 0.2) is 0 Å². The first-order valence-corrected chi connectivity index (χ1v) is 10.0. The van der Waals surface area contributed by atoms with E-state index < -0.39 is 11.4 Å². The van der Waals surface area contributed by atoms with Gasteiger partial charge in [0.2, 0.25) is 0 Å². The maximum absolute atomic E-state index is 12.5. The highest BCUT2D eigenvalue weighted by Gasteiger charge is 2.55. The zero-order chi connectivity index (χ0) is 18.9. The second-order valence-corrected chi connectivity index (χ2v) is 8.16. The molecule has 2 amide bonds. The second kappa shape index (κ2) is 7.37. The van der Waals surface area contributed by atoms with Crippen molar-refractivity contribution in [3.8, 4) is 0 Å². The van der Waals surface area contributed by atoms with Gasteiger partial charge in [-0.25, -0.2) is 9.78 Å². The monoisotopic (exact) mass is 372 g/mol. The lowest BCUT2D eigenvalue weighted by Crippen LogP contribution is -2.41. The van der Waals surface area contributed by atoms with Gasteiger partial charge in [0.1, 0.15) is 5.82 Å². The minimum atomic E-state index is -0.752. The first kappa shape index (κ1) is 18.1. The van der Waals surface area contributed by atoms with Crippen molar-refractivity contribution in [3.05, 3.63) is 23.9 Å². The van der Waals surface area contributed by atoms with Gasteiger partial charge in [-0.2, -0.15) is 0 Å². The quantitative estimate of drug-likeness (QED) is 0.848. The number of amides is 2. The lowest BCUT2D eigenvalue weighted by molar-refractivity contribution is -0.149. The Balaban J connectivity index is 1.31. The van der Waals surface area contributed by atoms with Gasteiger partial charge >= 0.3 is 12.0 Å². The number of anilines is 1. The molecule has 2 aliphatic heterocycles. The van der Waals surface area contributed by atoms with Crippen molar-refractivity contribution >= 4 is 17.8 Å². The summed E-state index contributed by atoms with van der Waals surface area (Å²) in [6.07, 6.45) is 8.07. The van der Waals surface area contributed by atoms with Gasteiger partial charge in [0.05, 0.1) is 5.41 Å². The van der Waals surface area contributed by atoms with Crippen LogP contribution in [-0.4, -0.2) is 53.2 Å². The Morgan fingerprint density at radius 3 is 2.70 bits per heavy atom. The van der Waals surface area contributed by atoms with E-state index in [0.717, 1.165) is 37.3 Å². The fourth-order valence-corrected chi connectivity index (χ4v) is 4.91. The van der Waals surface area contributed by atoms with Crippen molar-refractivity contribution in [2.45, 2.75) is 45.1 Å². The molecule has 1 saturated carbocycles. The summed E-state index contributed by atoms with van der Waals surface area (Å²) in [5.41, 5.74) is 0.228. The number of carbonyl (C=O) groups excluding carboxylic acids is 1. The summed E-state index contributed by atoms with van der Waals surface area (Å²) < 4.78 is 0.